The molecule has 0 spiro atoms. The molecule has 0 amide bonds. The van der Waals surface area contributed by atoms with Crippen LogP contribution in [0.15, 0.2) is 18.2 Å². The number of aliphatic carboxylic acids is 1. The average molecular weight is 247 g/mol. The number of likely N-dealkylation sites (tertiary alicyclic amines) is 1. The number of carboxylic acid groups (broad SMARTS) is 1. The van der Waals surface area contributed by atoms with Crippen LogP contribution in [-0.2, 0) is 11.3 Å². The van der Waals surface area contributed by atoms with Crippen molar-refractivity contribution in [2.75, 3.05) is 13.1 Å². The Morgan fingerprint density at radius 3 is 2.89 bits per heavy atom. The van der Waals surface area contributed by atoms with Gasteiger partial charge < -0.3 is 14.8 Å². The summed E-state index contributed by atoms with van der Waals surface area (Å²) in [6, 6.07) is 6.48. The van der Waals surface area contributed by atoms with Crippen molar-refractivity contribution in [1.82, 2.24) is 0 Å². The van der Waals surface area contributed by atoms with E-state index in [0.717, 1.165) is 25.9 Å². The summed E-state index contributed by atoms with van der Waals surface area (Å²) in [5, 5.41) is 10.9. The molecule has 1 aliphatic rings. The molecule has 1 fully saturated rings. The van der Waals surface area contributed by atoms with Crippen molar-refractivity contribution in [3.63, 3.8) is 0 Å². The van der Waals surface area contributed by atoms with Gasteiger partial charge in [0.2, 0.25) is 0 Å². The van der Waals surface area contributed by atoms with Crippen molar-refractivity contribution < 1.29 is 14.8 Å². The highest BCUT2D eigenvalue weighted by molar-refractivity contribution is 5.67. The summed E-state index contributed by atoms with van der Waals surface area (Å²) >= 11 is 0. The first kappa shape index (κ1) is 13.1. The van der Waals surface area contributed by atoms with Crippen molar-refractivity contribution in [2.24, 2.45) is 5.92 Å². The normalized spacial score (nSPS) is 23.9. The maximum absolute atomic E-state index is 10.9. The SMILES string of the molecule is Cc1ccc(C[NH+]2CCC[C@@H](C(=O)[O-])C2)c(C)c1. The summed E-state index contributed by atoms with van der Waals surface area (Å²) in [4.78, 5) is 12.3. The van der Waals surface area contributed by atoms with Crippen molar-refractivity contribution in [3.05, 3.63) is 34.9 Å². The molecule has 98 valence electrons. The van der Waals surface area contributed by atoms with Gasteiger partial charge in [-0.05, 0) is 32.3 Å². The molecule has 1 unspecified atom stereocenters. The van der Waals surface area contributed by atoms with Crippen LogP contribution in [-0.4, -0.2) is 19.1 Å². The number of piperidine rings is 1. The second-order valence-electron chi connectivity index (χ2n) is 5.47. The molecule has 18 heavy (non-hydrogen) atoms. The quantitative estimate of drug-likeness (QED) is 0.807. The van der Waals surface area contributed by atoms with Crippen LogP contribution < -0.4 is 10.0 Å². The zero-order valence-electron chi connectivity index (χ0n) is 11.2. The maximum atomic E-state index is 10.9. The highest BCUT2D eigenvalue weighted by Gasteiger charge is 2.24. The molecule has 0 saturated carbocycles. The van der Waals surface area contributed by atoms with Gasteiger partial charge in [-0.15, -0.1) is 0 Å². The number of quaternary nitrogens is 1. The molecule has 3 nitrogen and oxygen atoms in total. The van der Waals surface area contributed by atoms with Crippen LogP contribution in [0.25, 0.3) is 0 Å². The van der Waals surface area contributed by atoms with Crippen LogP contribution in [0.3, 0.4) is 0 Å². The molecule has 2 atom stereocenters. The van der Waals surface area contributed by atoms with Gasteiger partial charge in [-0.3, -0.25) is 0 Å². The largest absolute Gasteiger partial charge is 0.550 e. The number of carboxylic acids is 1. The lowest BCUT2D eigenvalue weighted by atomic mass is 9.97. The van der Waals surface area contributed by atoms with Crippen LogP contribution in [0.5, 0.6) is 0 Å². The van der Waals surface area contributed by atoms with Gasteiger partial charge >= 0.3 is 0 Å². The Labute approximate surface area is 108 Å². The monoisotopic (exact) mass is 247 g/mol. The van der Waals surface area contributed by atoms with Crippen LogP contribution in [0, 0.1) is 19.8 Å². The third kappa shape index (κ3) is 3.10. The molecule has 1 aromatic rings. The summed E-state index contributed by atoms with van der Waals surface area (Å²) in [6.45, 7) is 6.92. The molecule has 1 aromatic carbocycles. The predicted octanol–water partition coefficient (Wildman–Crippen LogP) is -0.152. The minimum absolute atomic E-state index is 0.264. The van der Waals surface area contributed by atoms with Crippen LogP contribution in [0.2, 0.25) is 0 Å². The predicted molar refractivity (Wildman–Crippen MR) is 68.0 cm³/mol. The number of aryl methyl sites for hydroxylation is 2. The van der Waals surface area contributed by atoms with Crippen molar-refractivity contribution in [1.29, 1.82) is 0 Å². The summed E-state index contributed by atoms with van der Waals surface area (Å²) in [7, 11) is 0. The van der Waals surface area contributed by atoms with E-state index in [1.807, 2.05) is 0 Å². The summed E-state index contributed by atoms with van der Waals surface area (Å²) in [5.74, 6) is -1.15. The Bertz CT molecular complexity index is 442. The number of carbonyl (C=O) groups is 1. The van der Waals surface area contributed by atoms with E-state index >= 15 is 0 Å². The number of carbonyl (C=O) groups excluding carboxylic acids is 1. The third-order valence-electron chi connectivity index (χ3n) is 3.89. The number of nitrogens with one attached hydrogen (secondary N) is 1. The van der Waals surface area contributed by atoms with Crippen LogP contribution >= 0.6 is 0 Å². The first-order valence-electron chi connectivity index (χ1n) is 6.67. The molecular weight excluding hydrogens is 226 g/mol. The van der Waals surface area contributed by atoms with Gasteiger partial charge in [0.05, 0.1) is 19.1 Å². The zero-order chi connectivity index (χ0) is 13.1. The van der Waals surface area contributed by atoms with Gasteiger partial charge in [0.25, 0.3) is 0 Å². The van der Waals surface area contributed by atoms with E-state index in [0.29, 0.717) is 6.54 Å². The van der Waals surface area contributed by atoms with Gasteiger partial charge in [0.1, 0.15) is 6.54 Å². The van der Waals surface area contributed by atoms with Crippen molar-refractivity contribution >= 4 is 5.97 Å². The van der Waals surface area contributed by atoms with Gasteiger partial charge in [0.15, 0.2) is 0 Å². The average Bonchev–Trinajstić information content (AvgIpc) is 2.33. The fraction of sp³-hybridized carbons (Fsp3) is 0.533. The fourth-order valence-electron chi connectivity index (χ4n) is 2.83. The molecule has 1 N–H and O–H groups in total. The lowest BCUT2D eigenvalue weighted by molar-refractivity contribution is -0.921. The minimum atomic E-state index is -0.882. The smallest absolute Gasteiger partial charge is 0.103 e. The topological polar surface area (TPSA) is 44.6 Å². The standard InChI is InChI=1S/C15H21NO2/c1-11-5-6-13(12(2)8-11)9-16-7-3-4-14(10-16)15(17)18/h5-6,8,14H,3-4,7,9-10H2,1-2H3,(H,17,18)/t14-/m1/s1. The summed E-state index contributed by atoms with van der Waals surface area (Å²) < 4.78 is 0. The first-order valence-corrected chi connectivity index (χ1v) is 6.67. The Morgan fingerprint density at radius 2 is 2.22 bits per heavy atom. The van der Waals surface area contributed by atoms with E-state index in [1.165, 1.54) is 21.6 Å². The minimum Gasteiger partial charge on any atom is -0.550 e. The molecule has 1 heterocycles. The second kappa shape index (κ2) is 5.53. The highest BCUT2D eigenvalue weighted by atomic mass is 16.4. The number of benzene rings is 1. The molecule has 0 aromatic heterocycles. The lowest BCUT2D eigenvalue weighted by Crippen LogP contribution is -3.12. The number of hydrogen-bond donors (Lipinski definition) is 1. The Balaban J connectivity index is 2.02. The Morgan fingerprint density at radius 1 is 1.44 bits per heavy atom. The Kier molecular flexibility index (Phi) is 4.02. The van der Waals surface area contributed by atoms with E-state index in [-0.39, 0.29) is 5.92 Å². The third-order valence-corrected chi connectivity index (χ3v) is 3.89. The highest BCUT2D eigenvalue weighted by Crippen LogP contribution is 2.11. The summed E-state index contributed by atoms with van der Waals surface area (Å²) in [6.07, 6.45) is 1.76. The van der Waals surface area contributed by atoms with Crippen LogP contribution in [0.4, 0.5) is 0 Å². The Hall–Kier alpha value is -1.35. The van der Waals surface area contributed by atoms with E-state index in [4.69, 9.17) is 0 Å². The van der Waals surface area contributed by atoms with E-state index in [2.05, 4.69) is 32.0 Å². The van der Waals surface area contributed by atoms with E-state index in [1.54, 1.807) is 0 Å². The molecular formula is C15H21NO2. The molecule has 1 aliphatic heterocycles. The maximum Gasteiger partial charge on any atom is 0.103 e. The molecule has 0 aliphatic carbocycles. The van der Waals surface area contributed by atoms with E-state index in [9.17, 15) is 9.90 Å². The fourth-order valence-corrected chi connectivity index (χ4v) is 2.83. The summed E-state index contributed by atoms with van der Waals surface area (Å²) in [5.41, 5.74) is 3.91. The van der Waals surface area contributed by atoms with Crippen molar-refractivity contribution in [2.45, 2.75) is 33.2 Å². The molecule has 2 rings (SSSR count). The zero-order valence-corrected chi connectivity index (χ0v) is 11.2. The first-order chi connectivity index (χ1) is 8.56. The van der Waals surface area contributed by atoms with Gasteiger partial charge in [0, 0.05) is 11.5 Å². The van der Waals surface area contributed by atoms with Gasteiger partial charge in [-0.2, -0.15) is 0 Å². The van der Waals surface area contributed by atoms with Crippen LogP contribution in [0.1, 0.15) is 29.5 Å². The van der Waals surface area contributed by atoms with Gasteiger partial charge in [-0.25, -0.2) is 0 Å². The lowest BCUT2D eigenvalue weighted by Gasteiger charge is -2.30. The van der Waals surface area contributed by atoms with Gasteiger partial charge in [-0.1, -0.05) is 23.8 Å². The molecule has 1 saturated heterocycles. The number of rotatable bonds is 3. The van der Waals surface area contributed by atoms with E-state index < -0.39 is 5.97 Å². The van der Waals surface area contributed by atoms with Crippen molar-refractivity contribution in [3.8, 4) is 0 Å². The number of hydrogen-bond acceptors (Lipinski definition) is 2. The molecule has 3 heteroatoms. The molecule has 0 bridgehead atoms. The molecule has 0 radical (unpaired) electrons. The second-order valence-corrected chi connectivity index (χ2v) is 5.47.